The van der Waals surface area contributed by atoms with Gasteiger partial charge in [-0.05, 0) is 118 Å². The maximum atomic E-state index is 15.6. The summed E-state index contributed by atoms with van der Waals surface area (Å²) < 4.78 is 58.1. The topological polar surface area (TPSA) is 216 Å². The number of benzene rings is 1. The summed E-state index contributed by atoms with van der Waals surface area (Å²) in [6.45, 7) is 13.4. The summed E-state index contributed by atoms with van der Waals surface area (Å²) in [7, 11) is 5.04. The average Bonchev–Trinajstić information content (AvgIpc) is 4.20. The Kier molecular flexibility index (Phi) is 17.7. The molecule has 1 aliphatic heterocycles. The van der Waals surface area contributed by atoms with E-state index in [9.17, 15) is 47.9 Å². The molecule has 0 spiro atoms. The first-order chi connectivity index (χ1) is 31.7. The third kappa shape index (κ3) is 14.6. The van der Waals surface area contributed by atoms with Crippen LogP contribution in [-0.2, 0) is 63.7 Å². The molecule has 3 fully saturated rings. The van der Waals surface area contributed by atoms with Gasteiger partial charge < -0.3 is 43.5 Å². The first-order valence-corrected chi connectivity index (χ1v) is 23.4. The molecule has 0 bridgehead atoms. The molecule has 4 amide bonds. The van der Waals surface area contributed by atoms with E-state index in [-0.39, 0.29) is 38.0 Å². The van der Waals surface area contributed by atoms with E-state index in [0.717, 1.165) is 45.1 Å². The summed E-state index contributed by atoms with van der Waals surface area (Å²) in [6, 6.07) is 4.11. The summed E-state index contributed by atoms with van der Waals surface area (Å²) in [5.74, 6) is -6.97. The van der Waals surface area contributed by atoms with Crippen LogP contribution in [0.3, 0.4) is 0 Å². The molecule has 20 heteroatoms. The fraction of sp³-hybridized carbons (Fsp3) is 0.714. The lowest BCUT2D eigenvalue weighted by Crippen LogP contribution is -2.55. The Hall–Kier alpha value is -5.40. The number of carboxylic acids is 1. The molecule has 3 aliphatic rings. The Labute approximate surface area is 403 Å². The van der Waals surface area contributed by atoms with Crippen molar-refractivity contribution in [3.8, 4) is 0 Å². The van der Waals surface area contributed by atoms with Crippen LogP contribution in [0.2, 0.25) is 0 Å². The first kappa shape index (κ1) is 56.2. The highest BCUT2D eigenvalue weighted by Crippen LogP contribution is 2.44. The van der Waals surface area contributed by atoms with Gasteiger partial charge in [0.05, 0.1) is 0 Å². The van der Waals surface area contributed by atoms with Crippen molar-refractivity contribution >= 4 is 47.7 Å². The van der Waals surface area contributed by atoms with Crippen LogP contribution >= 0.6 is 0 Å². The number of nitrogens with zero attached hydrogens (tertiary/aromatic N) is 4. The predicted octanol–water partition coefficient (Wildman–Crippen LogP) is 5.30. The molecule has 0 unspecified atom stereocenters. The number of esters is 3. The molecule has 2 saturated carbocycles. The molecule has 69 heavy (non-hydrogen) atoms. The number of hydrogen-bond acceptors (Lipinski definition) is 13. The monoisotopic (exact) mass is 979 g/mol. The van der Waals surface area contributed by atoms with Crippen LogP contribution in [0.4, 0.5) is 13.6 Å². The largest absolute Gasteiger partial charge is 0.480 e. The minimum absolute atomic E-state index is 0.0838. The predicted molar refractivity (Wildman–Crippen MR) is 245 cm³/mol. The number of carbonyl (C=O) groups excluding carboxylic acids is 7. The molecule has 2 aliphatic carbocycles. The average molecular weight is 979 g/mol. The number of carboxylic acid groups (broad SMARTS) is 1. The summed E-state index contributed by atoms with van der Waals surface area (Å²) >= 11 is 0. The number of likely N-dealkylation sites (N-methyl/N-ethyl adjacent to an activating group) is 4. The Bertz CT molecular complexity index is 2070. The van der Waals surface area contributed by atoms with Gasteiger partial charge >= 0.3 is 30.0 Å². The van der Waals surface area contributed by atoms with Gasteiger partial charge in [0.1, 0.15) is 40.1 Å². The van der Waals surface area contributed by atoms with Gasteiger partial charge in [-0.2, -0.15) is 0 Å². The molecule has 1 aromatic carbocycles. The van der Waals surface area contributed by atoms with Crippen molar-refractivity contribution in [2.45, 2.75) is 184 Å². The van der Waals surface area contributed by atoms with E-state index >= 15 is 4.39 Å². The van der Waals surface area contributed by atoms with Gasteiger partial charge in [0, 0.05) is 60.7 Å². The van der Waals surface area contributed by atoms with Crippen LogP contribution in [0, 0.1) is 0 Å². The number of amides is 4. The zero-order valence-electron chi connectivity index (χ0n) is 42.4. The zero-order chi connectivity index (χ0) is 52.2. The quantitative estimate of drug-likeness (QED) is 0.122. The van der Waals surface area contributed by atoms with E-state index in [1.807, 2.05) is 12.1 Å². The van der Waals surface area contributed by atoms with Gasteiger partial charge in [-0.15, -0.1) is 0 Å². The van der Waals surface area contributed by atoms with Crippen LogP contribution in [0.25, 0.3) is 0 Å². The number of rotatable bonds is 21. The fourth-order valence-electron chi connectivity index (χ4n) is 8.30. The maximum absolute atomic E-state index is 15.6. The normalized spacial score (nSPS) is 18.7. The van der Waals surface area contributed by atoms with Crippen molar-refractivity contribution < 1.29 is 75.9 Å². The third-order valence-corrected chi connectivity index (χ3v) is 12.9. The molecule has 386 valence electrons. The fourth-order valence-corrected chi connectivity index (χ4v) is 8.30. The minimum Gasteiger partial charge on any atom is -0.480 e. The molecule has 1 saturated heterocycles. The molecular weight excluding hydrogens is 907 g/mol. The highest BCUT2D eigenvalue weighted by atomic mass is 19.1. The van der Waals surface area contributed by atoms with Crippen LogP contribution in [0.5, 0.6) is 0 Å². The molecule has 1 N–H and O–H groups in total. The van der Waals surface area contributed by atoms with Crippen molar-refractivity contribution in [3.05, 3.63) is 35.4 Å². The Balaban J connectivity index is 1.59. The summed E-state index contributed by atoms with van der Waals surface area (Å²) in [5, 5.41) is 9.75. The van der Waals surface area contributed by atoms with E-state index in [1.165, 1.54) is 62.7 Å². The van der Waals surface area contributed by atoms with Crippen LogP contribution in [0.1, 0.15) is 131 Å². The molecule has 1 aromatic rings. The number of carbonyl (C=O) groups is 8. The van der Waals surface area contributed by atoms with Gasteiger partial charge in [0.25, 0.3) is 17.7 Å². The number of aliphatic carboxylic acids is 1. The zero-order valence-corrected chi connectivity index (χ0v) is 42.4. The summed E-state index contributed by atoms with van der Waals surface area (Å²) in [6.07, 6.45) is -4.59. The van der Waals surface area contributed by atoms with Crippen molar-refractivity contribution in [3.63, 3.8) is 0 Å². The van der Waals surface area contributed by atoms with Crippen molar-refractivity contribution in [2.24, 2.45) is 0 Å². The minimum atomic E-state index is -2.08. The lowest BCUT2D eigenvalue weighted by atomic mass is 9.90. The number of ether oxygens (including phenoxy) is 5. The molecule has 0 aromatic heterocycles. The Morgan fingerprint density at radius 3 is 1.54 bits per heavy atom. The van der Waals surface area contributed by atoms with Gasteiger partial charge in [-0.3, -0.25) is 19.3 Å². The van der Waals surface area contributed by atoms with E-state index in [0.29, 0.717) is 18.8 Å². The standard InChI is InChI=1S/C49H72F2N4O14/c1-29(37(56)52(10)34(40(59)60)27-46(6,7)50)66-42(62)48(20-21-48)54(12)39(58)36(26-31-14-16-32(17-15-31)33-18-24-65-25-19-33)68-41(61)35(28-47(8,9)51)53(11)38(57)30(2)67-43(63)49(22-23-49)55(13)44(64)69-45(3,4)5/h14-17,29-30,33-36H,18-28H2,1-13H3,(H,59,60)/t29-,30-,34+,35+,36-/m1/s1. The van der Waals surface area contributed by atoms with Crippen LogP contribution in [-0.4, -0.2) is 172 Å². The van der Waals surface area contributed by atoms with E-state index in [2.05, 4.69) is 0 Å². The van der Waals surface area contributed by atoms with Crippen molar-refractivity contribution in [2.75, 3.05) is 41.4 Å². The second-order valence-corrected chi connectivity index (χ2v) is 21.0. The SMILES string of the molecule is C[C@@H](OC(=O)C1(N(C)C(=O)[C@@H](Cc2ccc(C3CCOCC3)cc2)OC(=O)[C@H](CC(C)(C)F)N(C)C(=O)[C@@H](C)OC(=O)C2(N(C)C(=O)OC(C)(C)C)CC2)CC1)C(=O)N(C)[C@@H](CC(C)(C)F)C(=O)O. The molecule has 5 atom stereocenters. The molecule has 18 nitrogen and oxygen atoms in total. The Morgan fingerprint density at radius 2 is 1.12 bits per heavy atom. The van der Waals surface area contributed by atoms with Crippen molar-refractivity contribution in [1.29, 1.82) is 0 Å². The lowest BCUT2D eigenvalue weighted by molar-refractivity contribution is -0.174. The molecule has 1 heterocycles. The number of hydrogen-bond donors (Lipinski definition) is 1. The molecule has 0 radical (unpaired) electrons. The smallest absolute Gasteiger partial charge is 0.410 e. The van der Waals surface area contributed by atoms with Gasteiger partial charge in [-0.1, -0.05) is 24.3 Å². The summed E-state index contributed by atoms with van der Waals surface area (Å²) in [4.78, 5) is 112. The Morgan fingerprint density at radius 1 is 0.681 bits per heavy atom. The van der Waals surface area contributed by atoms with Gasteiger partial charge in [0.2, 0.25) is 0 Å². The first-order valence-electron chi connectivity index (χ1n) is 23.4. The molecular formula is C49H72F2N4O14. The third-order valence-electron chi connectivity index (χ3n) is 12.9. The van der Waals surface area contributed by atoms with Gasteiger partial charge in [-0.25, -0.2) is 32.8 Å². The van der Waals surface area contributed by atoms with E-state index in [1.54, 1.807) is 32.9 Å². The van der Waals surface area contributed by atoms with E-state index < -0.39 is 119 Å². The van der Waals surface area contributed by atoms with Crippen molar-refractivity contribution in [1.82, 2.24) is 19.6 Å². The lowest BCUT2D eigenvalue weighted by Gasteiger charge is -2.35. The molecule has 4 rings (SSSR count). The summed E-state index contributed by atoms with van der Waals surface area (Å²) in [5.41, 5.74) is -6.30. The number of halogens is 2. The maximum Gasteiger partial charge on any atom is 0.410 e. The highest BCUT2D eigenvalue weighted by Gasteiger charge is 2.59. The van der Waals surface area contributed by atoms with Gasteiger partial charge in [0.15, 0.2) is 18.3 Å². The second kappa shape index (κ2) is 21.7. The van der Waals surface area contributed by atoms with E-state index in [4.69, 9.17) is 23.7 Å². The highest BCUT2D eigenvalue weighted by molar-refractivity contribution is 5.96. The number of alkyl halides is 2. The van der Waals surface area contributed by atoms with Crippen LogP contribution in [0.15, 0.2) is 24.3 Å². The second-order valence-electron chi connectivity index (χ2n) is 21.0. The van der Waals surface area contributed by atoms with Crippen LogP contribution < -0.4 is 0 Å².